The number of hydrogen-bond donors (Lipinski definition) is 2. The number of primary amides is 1. The first-order valence-electron chi connectivity index (χ1n) is 9.06. The number of aryl methyl sites for hydroxylation is 1. The zero-order valence-corrected chi connectivity index (χ0v) is 15.6. The molecule has 1 atom stereocenters. The minimum absolute atomic E-state index is 0.0369. The van der Waals surface area contributed by atoms with Crippen molar-refractivity contribution in [3.05, 3.63) is 52.2 Å². The van der Waals surface area contributed by atoms with Crippen molar-refractivity contribution in [1.82, 2.24) is 4.90 Å². The number of hydrogen-bond acceptors (Lipinski definition) is 4. The second kappa shape index (κ2) is 8.96. The number of likely N-dealkylation sites (tertiary alicyclic amines) is 1. The molecule has 2 heterocycles. The number of thiophene rings is 1. The van der Waals surface area contributed by atoms with E-state index in [-0.39, 0.29) is 17.9 Å². The molecule has 1 saturated heterocycles. The Labute approximate surface area is 158 Å². The lowest BCUT2D eigenvalue weighted by Gasteiger charge is -2.22. The summed E-state index contributed by atoms with van der Waals surface area (Å²) in [6.07, 6.45) is 4.12. The van der Waals surface area contributed by atoms with Crippen molar-refractivity contribution in [3.8, 4) is 0 Å². The molecule has 0 aliphatic carbocycles. The van der Waals surface area contributed by atoms with Crippen LogP contribution >= 0.6 is 11.3 Å². The molecule has 2 aromatic rings. The number of carbonyl (C=O) groups excluding carboxylic acids is 2. The molecule has 6 heteroatoms. The fourth-order valence-corrected chi connectivity index (χ4v) is 4.17. The Hall–Kier alpha value is -2.18. The van der Waals surface area contributed by atoms with E-state index in [9.17, 15) is 9.59 Å². The van der Waals surface area contributed by atoms with Crippen molar-refractivity contribution in [2.45, 2.75) is 44.7 Å². The fourth-order valence-electron chi connectivity index (χ4n) is 3.42. The third kappa shape index (κ3) is 5.16. The van der Waals surface area contributed by atoms with Crippen molar-refractivity contribution in [2.24, 2.45) is 5.73 Å². The number of rotatable bonds is 8. The monoisotopic (exact) mass is 371 g/mol. The highest BCUT2D eigenvalue weighted by Gasteiger charge is 2.28. The molecule has 0 bridgehead atoms. The molecule has 3 rings (SSSR count). The summed E-state index contributed by atoms with van der Waals surface area (Å²) >= 11 is 1.73. The molecule has 1 aliphatic heterocycles. The Kier molecular flexibility index (Phi) is 6.41. The number of nitrogens with one attached hydrogen (secondary N) is 1. The molecule has 0 radical (unpaired) electrons. The second-order valence-electron chi connectivity index (χ2n) is 6.71. The highest BCUT2D eigenvalue weighted by Crippen LogP contribution is 2.21. The summed E-state index contributed by atoms with van der Waals surface area (Å²) in [5.74, 6) is -0.215. The van der Waals surface area contributed by atoms with Gasteiger partial charge in [-0.05, 0) is 61.4 Å². The van der Waals surface area contributed by atoms with E-state index in [1.54, 1.807) is 11.3 Å². The van der Waals surface area contributed by atoms with Crippen molar-refractivity contribution in [3.63, 3.8) is 0 Å². The van der Waals surface area contributed by atoms with E-state index in [0.717, 1.165) is 43.5 Å². The molecule has 2 amide bonds. The Morgan fingerprint density at radius 3 is 2.92 bits per heavy atom. The average molecular weight is 372 g/mol. The number of benzene rings is 1. The predicted molar refractivity (Wildman–Crippen MR) is 105 cm³/mol. The maximum atomic E-state index is 12.2. The minimum Gasteiger partial charge on any atom is -0.368 e. The van der Waals surface area contributed by atoms with Crippen LogP contribution < -0.4 is 11.1 Å². The van der Waals surface area contributed by atoms with E-state index >= 15 is 0 Å². The van der Waals surface area contributed by atoms with Crippen LogP contribution in [-0.4, -0.2) is 29.3 Å². The maximum absolute atomic E-state index is 12.2. The van der Waals surface area contributed by atoms with E-state index in [0.29, 0.717) is 13.0 Å². The van der Waals surface area contributed by atoms with E-state index in [2.05, 4.69) is 21.7 Å². The van der Waals surface area contributed by atoms with Crippen LogP contribution in [0.15, 0.2) is 41.8 Å². The van der Waals surface area contributed by atoms with E-state index in [1.807, 2.05) is 30.3 Å². The molecular weight excluding hydrogens is 346 g/mol. The van der Waals surface area contributed by atoms with Crippen LogP contribution in [-0.2, 0) is 22.6 Å². The Morgan fingerprint density at radius 1 is 1.27 bits per heavy atom. The van der Waals surface area contributed by atoms with Gasteiger partial charge in [0.25, 0.3) is 0 Å². The van der Waals surface area contributed by atoms with Gasteiger partial charge in [0.15, 0.2) is 0 Å². The highest BCUT2D eigenvalue weighted by atomic mass is 32.1. The molecule has 0 saturated carbocycles. The lowest BCUT2D eigenvalue weighted by atomic mass is 10.1. The first-order chi connectivity index (χ1) is 12.6. The predicted octanol–water partition coefficient (Wildman–Crippen LogP) is 3.16. The van der Waals surface area contributed by atoms with Gasteiger partial charge < -0.3 is 11.1 Å². The normalized spacial score (nSPS) is 17.3. The highest BCUT2D eigenvalue weighted by molar-refractivity contribution is 7.09. The number of anilines is 1. The second-order valence-corrected chi connectivity index (χ2v) is 7.74. The number of amides is 2. The molecule has 1 aliphatic rings. The quantitative estimate of drug-likeness (QED) is 0.748. The van der Waals surface area contributed by atoms with Gasteiger partial charge in [-0.3, -0.25) is 14.5 Å². The molecular formula is C20H25N3O2S. The van der Waals surface area contributed by atoms with Crippen LogP contribution in [0.5, 0.6) is 0 Å². The van der Waals surface area contributed by atoms with E-state index < -0.39 is 0 Å². The van der Waals surface area contributed by atoms with Gasteiger partial charge in [0.05, 0.1) is 6.04 Å². The SMILES string of the molecule is NC(=O)[C@@H]1CCCN1Cc1cccc(NC(=O)CCCc2cccs2)c1. The summed E-state index contributed by atoms with van der Waals surface area (Å²) < 4.78 is 0. The van der Waals surface area contributed by atoms with Crippen LogP contribution in [0.4, 0.5) is 5.69 Å². The summed E-state index contributed by atoms with van der Waals surface area (Å²) in [7, 11) is 0. The van der Waals surface area contributed by atoms with Crippen molar-refractivity contribution in [2.75, 3.05) is 11.9 Å². The summed E-state index contributed by atoms with van der Waals surface area (Å²) in [6, 6.07) is 11.8. The largest absolute Gasteiger partial charge is 0.368 e. The summed E-state index contributed by atoms with van der Waals surface area (Å²) in [5, 5.41) is 5.04. The van der Waals surface area contributed by atoms with E-state index in [1.165, 1.54) is 4.88 Å². The van der Waals surface area contributed by atoms with Crippen molar-refractivity contribution >= 4 is 28.8 Å². The van der Waals surface area contributed by atoms with Gasteiger partial charge in [-0.15, -0.1) is 11.3 Å². The van der Waals surface area contributed by atoms with Gasteiger partial charge in [-0.25, -0.2) is 0 Å². The smallest absolute Gasteiger partial charge is 0.234 e. The van der Waals surface area contributed by atoms with Crippen molar-refractivity contribution < 1.29 is 9.59 Å². The topological polar surface area (TPSA) is 75.4 Å². The van der Waals surface area contributed by atoms with Crippen molar-refractivity contribution in [1.29, 1.82) is 0 Å². The zero-order valence-electron chi connectivity index (χ0n) is 14.8. The molecule has 0 spiro atoms. The average Bonchev–Trinajstić information content (AvgIpc) is 3.27. The van der Waals surface area contributed by atoms with Gasteiger partial charge >= 0.3 is 0 Å². The zero-order chi connectivity index (χ0) is 18.4. The van der Waals surface area contributed by atoms with Crippen LogP contribution in [0.25, 0.3) is 0 Å². The Balaban J connectivity index is 1.50. The lowest BCUT2D eigenvalue weighted by molar-refractivity contribution is -0.122. The number of nitrogens with two attached hydrogens (primary N) is 1. The number of carbonyl (C=O) groups is 2. The minimum atomic E-state index is -0.252. The fraction of sp³-hybridized carbons (Fsp3) is 0.400. The molecule has 138 valence electrons. The summed E-state index contributed by atoms with van der Waals surface area (Å²) in [6.45, 7) is 1.56. The van der Waals surface area contributed by atoms with Gasteiger partial charge in [-0.1, -0.05) is 18.2 Å². The summed E-state index contributed by atoms with van der Waals surface area (Å²) in [5.41, 5.74) is 7.36. The molecule has 0 unspecified atom stereocenters. The van der Waals surface area contributed by atoms with Gasteiger partial charge in [0.1, 0.15) is 0 Å². The van der Waals surface area contributed by atoms with Crippen LogP contribution in [0.1, 0.15) is 36.1 Å². The standard InChI is InChI=1S/C20H25N3O2S/c21-20(25)18-9-3-11-23(18)14-15-5-1-6-16(13-15)22-19(24)10-2-7-17-8-4-12-26-17/h1,4-6,8,12-13,18H,2-3,7,9-11,14H2,(H2,21,25)(H,22,24)/t18-/m0/s1. The molecule has 5 nitrogen and oxygen atoms in total. The first kappa shape index (κ1) is 18.6. The third-order valence-electron chi connectivity index (χ3n) is 4.70. The van der Waals surface area contributed by atoms with E-state index in [4.69, 9.17) is 5.73 Å². The summed E-state index contributed by atoms with van der Waals surface area (Å²) in [4.78, 5) is 27.1. The Morgan fingerprint density at radius 2 is 2.15 bits per heavy atom. The third-order valence-corrected chi connectivity index (χ3v) is 5.63. The van der Waals surface area contributed by atoms with Crippen LogP contribution in [0.3, 0.4) is 0 Å². The van der Waals surface area contributed by atoms with Crippen LogP contribution in [0, 0.1) is 0 Å². The molecule has 3 N–H and O–H groups in total. The van der Waals surface area contributed by atoms with Gasteiger partial charge in [0, 0.05) is 23.5 Å². The maximum Gasteiger partial charge on any atom is 0.234 e. The first-order valence-corrected chi connectivity index (χ1v) is 9.94. The van der Waals surface area contributed by atoms with Crippen LogP contribution in [0.2, 0.25) is 0 Å². The molecule has 26 heavy (non-hydrogen) atoms. The molecule has 1 fully saturated rings. The lowest BCUT2D eigenvalue weighted by Crippen LogP contribution is -2.39. The Bertz CT molecular complexity index is 745. The molecule has 1 aromatic carbocycles. The molecule has 1 aromatic heterocycles. The van der Waals surface area contributed by atoms with Gasteiger partial charge in [-0.2, -0.15) is 0 Å². The number of nitrogens with zero attached hydrogens (tertiary/aromatic N) is 1. The van der Waals surface area contributed by atoms with Gasteiger partial charge in [0.2, 0.25) is 11.8 Å².